The van der Waals surface area contributed by atoms with Gasteiger partial charge in [-0.15, -0.1) is 10.2 Å². The van der Waals surface area contributed by atoms with E-state index in [9.17, 15) is 8.42 Å². The van der Waals surface area contributed by atoms with Gasteiger partial charge in [0.15, 0.2) is 0 Å². The van der Waals surface area contributed by atoms with E-state index >= 15 is 0 Å². The number of benzene rings is 1. The fourth-order valence-electron chi connectivity index (χ4n) is 1.97. The van der Waals surface area contributed by atoms with Gasteiger partial charge in [0.2, 0.25) is 21.8 Å². The first-order valence-electron chi connectivity index (χ1n) is 7.02. The SMILES string of the molecule is O=S(=O)(NCCc1nnc(-c2cccnc2)o1)c1cccc(Cl)c1. The summed E-state index contributed by atoms with van der Waals surface area (Å²) < 4.78 is 32.3. The number of aromatic nitrogens is 3. The second kappa shape index (κ2) is 7.08. The van der Waals surface area contributed by atoms with Crippen LogP contribution in [0.3, 0.4) is 0 Å². The van der Waals surface area contributed by atoms with Crippen LogP contribution in [0.5, 0.6) is 0 Å². The number of halogens is 1. The number of sulfonamides is 1. The van der Waals surface area contributed by atoms with Crippen LogP contribution in [-0.4, -0.2) is 30.1 Å². The van der Waals surface area contributed by atoms with Crippen LogP contribution in [0.1, 0.15) is 5.89 Å². The number of hydrogen-bond donors (Lipinski definition) is 1. The molecule has 2 heterocycles. The van der Waals surface area contributed by atoms with Gasteiger partial charge >= 0.3 is 0 Å². The Kier molecular flexibility index (Phi) is 4.89. The highest BCUT2D eigenvalue weighted by atomic mass is 35.5. The molecule has 0 aliphatic carbocycles. The van der Waals surface area contributed by atoms with Crippen LogP contribution in [0.25, 0.3) is 11.5 Å². The molecule has 0 fully saturated rings. The van der Waals surface area contributed by atoms with Crippen molar-refractivity contribution in [1.29, 1.82) is 0 Å². The van der Waals surface area contributed by atoms with Gasteiger partial charge in [-0.25, -0.2) is 13.1 Å². The molecule has 0 saturated carbocycles. The molecule has 0 aliphatic rings. The normalized spacial score (nSPS) is 11.5. The number of nitrogens with zero attached hydrogens (tertiary/aromatic N) is 3. The van der Waals surface area contributed by atoms with E-state index in [1.54, 1.807) is 36.7 Å². The van der Waals surface area contributed by atoms with Gasteiger partial charge in [0, 0.05) is 30.4 Å². The third-order valence-corrected chi connectivity index (χ3v) is 4.81. The molecule has 0 amide bonds. The lowest BCUT2D eigenvalue weighted by atomic mass is 10.3. The Morgan fingerprint density at radius 3 is 2.79 bits per heavy atom. The minimum Gasteiger partial charge on any atom is -0.421 e. The van der Waals surface area contributed by atoms with E-state index in [1.165, 1.54) is 12.1 Å². The summed E-state index contributed by atoms with van der Waals surface area (Å²) in [6, 6.07) is 9.61. The predicted molar refractivity (Wildman–Crippen MR) is 87.9 cm³/mol. The lowest BCUT2D eigenvalue weighted by molar-refractivity contribution is 0.501. The van der Waals surface area contributed by atoms with Crippen molar-refractivity contribution in [3.05, 3.63) is 59.7 Å². The molecule has 0 aliphatic heterocycles. The van der Waals surface area contributed by atoms with E-state index in [0.29, 0.717) is 22.4 Å². The molecule has 0 saturated heterocycles. The Morgan fingerprint density at radius 1 is 1.17 bits per heavy atom. The first kappa shape index (κ1) is 16.6. The summed E-state index contributed by atoms with van der Waals surface area (Å²) in [5.74, 6) is 0.679. The van der Waals surface area contributed by atoms with E-state index < -0.39 is 10.0 Å². The van der Waals surface area contributed by atoms with E-state index in [4.69, 9.17) is 16.0 Å². The van der Waals surface area contributed by atoms with Gasteiger partial charge in [-0.3, -0.25) is 4.98 Å². The third kappa shape index (κ3) is 3.97. The zero-order valence-electron chi connectivity index (χ0n) is 12.4. The first-order valence-corrected chi connectivity index (χ1v) is 8.89. The maximum atomic E-state index is 12.2. The molecule has 1 aromatic carbocycles. The fourth-order valence-corrected chi connectivity index (χ4v) is 3.30. The van der Waals surface area contributed by atoms with Crippen LogP contribution < -0.4 is 4.72 Å². The van der Waals surface area contributed by atoms with Crippen molar-refractivity contribution >= 4 is 21.6 Å². The Balaban J connectivity index is 1.62. The lowest BCUT2D eigenvalue weighted by Gasteiger charge is -2.05. The van der Waals surface area contributed by atoms with Crippen LogP contribution in [0.4, 0.5) is 0 Å². The van der Waals surface area contributed by atoms with Crippen LogP contribution >= 0.6 is 11.6 Å². The van der Waals surface area contributed by atoms with Gasteiger partial charge in [0.25, 0.3) is 0 Å². The van der Waals surface area contributed by atoms with Gasteiger partial charge < -0.3 is 4.42 Å². The topological polar surface area (TPSA) is 98.0 Å². The molecule has 7 nitrogen and oxygen atoms in total. The van der Waals surface area contributed by atoms with Crippen LogP contribution in [-0.2, 0) is 16.4 Å². The highest BCUT2D eigenvalue weighted by Gasteiger charge is 2.15. The Bertz CT molecular complexity index is 929. The van der Waals surface area contributed by atoms with E-state index in [2.05, 4.69) is 19.9 Å². The largest absolute Gasteiger partial charge is 0.421 e. The smallest absolute Gasteiger partial charge is 0.249 e. The summed E-state index contributed by atoms with van der Waals surface area (Å²) in [7, 11) is -3.63. The van der Waals surface area contributed by atoms with Gasteiger partial charge in [-0.05, 0) is 30.3 Å². The van der Waals surface area contributed by atoms with Crippen molar-refractivity contribution < 1.29 is 12.8 Å². The average molecular weight is 365 g/mol. The van der Waals surface area contributed by atoms with Crippen molar-refractivity contribution in [2.24, 2.45) is 0 Å². The minimum absolute atomic E-state index is 0.108. The Labute approximate surface area is 143 Å². The third-order valence-electron chi connectivity index (χ3n) is 3.11. The Morgan fingerprint density at radius 2 is 2.04 bits per heavy atom. The summed E-state index contributed by atoms with van der Waals surface area (Å²) >= 11 is 5.81. The molecule has 9 heteroatoms. The standard InChI is InChI=1S/C15H13ClN4O3S/c16-12-4-1-5-13(9-12)24(21,22)18-8-6-14-19-20-15(23-14)11-3-2-7-17-10-11/h1-5,7,9-10,18H,6,8H2. The van der Waals surface area contributed by atoms with Crippen molar-refractivity contribution in [3.63, 3.8) is 0 Å². The molecule has 0 unspecified atom stereocenters. The molecule has 0 atom stereocenters. The summed E-state index contributed by atoms with van der Waals surface area (Å²) in [5.41, 5.74) is 0.704. The maximum absolute atomic E-state index is 12.2. The van der Waals surface area contributed by atoms with Crippen molar-refractivity contribution in [2.75, 3.05) is 6.54 Å². The zero-order chi connectivity index (χ0) is 17.0. The molecular formula is C15H13ClN4O3S. The lowest BCUT2D eigenvalue weighted by Crippen LogP contribution is -2.26. The van der Waals surface area contributed by atoms with Gasteiger partial charge in [-0.1, -0.05) is 17.7 Å². The molecule has 0 radical (unpaired) electrons. The first-order chi connectivity index (χ1) is 11.5. The molecule has 2 aromatic heterocycles. The van der Waals surface area contributed by atoms with Crippen molar-refractivity contribution in [1.82, 2.24) is 19.9 Å². The maximum Gasteiger partial charge on any atom is 0.249 e. The fraction of sp³-hybridized carbons (Fsp3) is 0.133. The molecule has 124 valence electrons. The van der Waals surface area contributed by atoms with E-state index in [1.807, 2.05) is 0 Å². The molecule has 24 heavy (non-hydrogen) atoms. The van der Waals surface area contributed by atoms with Crippen LogP contribution in [0.2, 0.25) is 5.02 Å². The molecule has 0 bridgehead atoms. The highest BCUT2D eigenvalue weighted by Crippen LogP contribution is 2.17. The van der Waals surface area contributed by atoms with Crippen molar-refractivity contribution in [2.45, 2.75) is 11.3 Å². The van der Waals surface area contributed by atoms with E-state index in [-0.39, 0.29) is 17.9 Å². The second-order valence-corrected chi connectivity index (χ2v) is 7.05. The summed E-state index contributed by atoms with van der Waals surface area (Å²) in [4.78, 5) is 4.08. The van der Waals surface area contributed by atoms with Gasteiger partial charge in [0.1, 0.15) is 0 Å². The predicted octanol–water partition coefficient (Wildman–Crippen LogP) is 2.31. The highest BCUT2D eigenvalue weighted by molar-refractivity contribution is 7.89. The summed E-state index contributed by atoms with van der Waals surface area (Å²) in [5, 5.41) is 8.18. The number of nitrogens with one attached hydrogen (secondary N) is 1. The van der Waals surface area contributed by atoms with Crippen molar-refractivity contribution in [3.8, 4) is 11.5 Å². The molecule has 3 aromatic rings. The number of rotatable bonds is 6. The zero-order valence-corrected chi connectivity index (χ0v) is 14.0. The van der Waals surface area contributed by atoms with Gasteiger partial charge in [0.05, 0.1) is 10.5 Å². The molecular weight excluding hydrogens is 352 g/mol. The van der Waals surface area contributed by atoms with Crippen LogP contribution in [0.15, 0.2) is 58.1 Å². The molecule has 0 spiro atoms. The second-order valence-electron chi connectivity index (χ2n) is 4.85. The van der Waals surface area contributed by atoms with Crippen LogP contribution in [0, 0.1) is 0 Å². The summed E-state index contributed by atoms with van der Waals surface area (Å²) in [6.07, 6.45) is 3.53. The number of hydrogen-bond acceptors (Lipinski definition) is 6. The summed E-state index contributed by atoms with van der Waals surface area (Å²) in [6.45, 7) is 0.128. The Hall–Kier alpha value is -2.29. The number of pyridine rings is 1. The van der Waals surface area contributed by atoms with Gasteiger partial charge in [-0.2, -0.15) is 0 Å². The quantitative estimate of drug-likeness (QED) is 0.720. The average Bonchev–Trinajstić information content (AvgIpc) is 3.04. The minimum atomic E-state index is -3.63. The molecule has 3 rings (SSSR count). The molecule has 1 N–H and O–H groups in total. The van der Waals surface area contributed by atoms with E-state index in [0.717, 1.165) is 0 Å². The monoisotopic (exact) mass is 364 g/mol.